The number of benzene rings is 1. The molecule has 2 nitrogen and oxygen atoms in total. The van der Waals surface area contributed by atoms with E-state index >= 15 is 0 Å². The fraction of sp³-hybridized carbons (Fsp3) is 0.308. The zero-order valence-electron chi connectivity index (χ0n) is 9.73. The van der Waals surface area contributed by atoms with Crippen LogP contribution in [0.5, 0.6) is 0 Å². The van der Waals surface area contributed by atoms with Crippen LogP contribution in [-0.2, 0) is 6.42 Å². The van der Waals surface area contributed by atoms with Gasteiger partial charge in [0.2, 0.25) is 0 Å². The molecule has 0 amide bonds. The van der Waals surface area contributed by atoms with E-state index in [2.05, 4.69) is 4.98 Å². The molecule has 1 aliphatic carbocycles. The Morgan fingerprint density at radius 2 is 2.00 bits per heavy atom. The number of nitrogens with zero attached hydrogens (tertiary/aromatic N) is 1. The van der Waals surface area contributed by atoms with Crippen molar-refractivity contribution in [2.75, 3.05) is 0 Å². The van der Waals surface area contributed by atoms with Crippen molar-refractivity contribution in [2.45, 2.75) is 25.3 Å². The van der Waals surface area contributed by atoms with Gasteiger partial charge in [-0.2, -0.15) is 0 Å². The normalized spacial score (nSPS) is 18.0. The van der Waals surface area contributed by atoms with E-state index in [0.29, 0.717) is 0 Å². The maximum atomic E-state index is 12.9. The second kappa shape index (κ2) is 5.34. The molecule has 0 bridgehead atoms. The summed E-state index contributed by atoms with van der Waals surface area (Å²) in [7, 11) is 0. The third kappa shape index (κ3) is 2.41. The Hall–Kier alpha value is -0.970. The molecule has 0 fully saturated rings. The predicted molar refractivity (Wildman–Crippen MR) is 74.6 cm³/mol. The largest absolute Gasteiger partial charge is 0.323 e. The molecule has 18 heavy (non-hydrogen) atoms. The highest BCUT2D eigenvalue weighted by atomic mass is 35.5. The highest BCUT2D eigenvalue weighted by Gasteiger charge is 2.21. The van der Waals surface area contributed by atoms with Crippen LogP contribution in [0.25, 0.3) is 10.6 Å². The van der Waals surface area contributed by atoms with E-state index < -0.39 is 0 Å². The first-order chi connectivity index (χ1) is 8.24. The first kappa shape index (κ1) is 13.5. The number of aryl methyl sites for hydroxylation is 1. The summed E-state index contributed by atoms with van der Waals surface area (Å²) in [6.07, 6.45) is 3.17. The van der Waals surface area contributed by atoms with Crippen LogP contribution in [0.2, 0.25) is 0 Å². The Kier molecular flexibility index (Phi) is 4.00. The minimum Gasteiger partial charge on any atom is -0.323 e. The van der Waals surface area contributed by atoms with Gasteiger partial charge in [0, 0.05) is 16.5 Å². The van der Waals surface area contributed by atoms with Gasteiger partial charge in [0.05, 0.1) is 5.69 Å². The molecule has 2 aromatic rings. The number of hydrogen-bond donors (Lipinski definition) is 1. The summed E-state index contributed by atoms with van der Waals surface area (Å²) in [5, 5.41) is 0.951. The van der Waals surface area contributed by atoms with E-state index in [0.717, 1.165) is 35.5 Å². The van der Waals surface area contributed by atoms with Gasteiger partial charge < -0.3 is 5.73 Å². The van der Waals surface area contributed by atoms with Crippen molar-refractivity contribution in [1.82, 2.24) is 4.98 Å². The average Bonchev–Trinajstić information content (AvgIpc) is 2.75. The SMILES string of the molecule is Cl.NC1CCCc2nc(-c3ccc(F)cc3)sc21. The molecule has 1 atom stereocenters. The van der Waals surface area contributed by atoms with Gasteiger partial charge in [0.15, 0.2) is 0 Å². The van der Waals surface area contributed by atoms with Crippen molar-refractivity contribution >= 4 is 23.7 Å². The lowest BCUT2D eigenvalue weighted by Crippen LogP contribution is -2.15. The maximum absolute atomic E-state index is 12.9. The highest BCUT2D eigenvalue weighted by molar-refractivity contribution is 7.15. The van der Waals surface area contributed by atoms with E-state index in [-0.39, 0.29) is 24.3 Å². The van der Waals surface area contributed by atoms with Crippen LogP contribution in [0.4, 0.5) is 4.39 Å². The first-order valence-electron chi connectivity index (χ1n) is 5.75. The van der Waals surface area contributed by atoms with Crippen molar-refractivity contribution in [2.24, 2.45) is 5.73 Å². The number of nitrogens with two attached hydrogens (primary N) is 1. The molecule has 1 aromatic carbocycles. The van der Waals surface area contributed by atoms with Crippen molar-refractivity contribution in [3.63, 3.8) is 0 Å². The Bertz CT molecular complexity index is 538. The topological polar surface area (TPSA) is 38.9 Å². The van der Waals surface area contributed by atoms with Gasteiger partial charge in [-0.3, -0.25) is 0 Å². The summed E-state index contributed by atoms with van der Waals surface area (Å²) in [6.45, 7) is 0. The molecule has 0 aliphatic heterocycles. The van der Waals surface area contributed by atoms with E-state index in [1.807, 2.05) is 0 Å². The number of thiazole rings is 1. The van der Waals surface area contributed by atoms with Crippen molar-refractivity contribution in [3.8, 4) is 10.6 Å². The molecule has 0 radical (unpaired) electrons. The molecule has 0 spiro atoms. The Morgan fingerprint density at radius 1 is 1.28 bits per heavy atom. The molecule has 1 heterocycles. The van der Waals surface area contributed by atoms with Crippen LogP contribution in [0, 0.1) is 5.82 Å². The maximum Gasteiger partial charge on any atom is 0.123 e. The fourth-order valence-electron chi connectivity index (χ4n) is 2.17. The highest BCUT2D eigenvalue weighted by Crippen LogP contribution is 2.36. The lowest BCUT2D eigenvalue weighted by Gasteiger charge is -2.15. The Balaban J connectivity index is 0.00000120. The number of aromatic nitrogens is 1. The second-order valence-corrected chi connectivity index (χ2v) is 5.37. The average molecular weight is 285 g/mol. The lowest BCUT2D eigenvalue weighted by molar-refractivity contribution is 0.573. The summed E-state index contributed by atoms with van der Waals surface area (Å²) >= 11 is 1.64. The fourth-order valence-corrected chi connectivity index (χ4v) is 3.32. The third-order valence-corrected chi connectivity index (χ3v) is 4.36. The van der Waals surface area contributed by atoms with Crippen LogP contribution < -0.4 is 5.73 Å². The van der Waals surface area contributed by atoms with Crippen LogP contribution in [0.1, 0.15) is 29.5 Å². The van der Waals surface area contributed by atoms with Gasteiger partial charge in [-0.15, -0.1) is 23.7 Å². The van der Waals surface area contributed by atoms with Gasteiger partial charge in [0.1, 0.15) is 10.8 Å². The summed E-state index contributed by atoms with van der Waals surface area (Å²) in [5.74, 6) is -0.216. The van der Waals surface area contributed by atoms with E-state index in [1.165, 1.54) is 17.0 Å². The number of fused-ring (bicyclic) bond motifs is 1. The molecule has 2 N–H and O–H groups in total. The third-order valence-electron chi connectivity index (χ3n) is 3.08. The molecule has 96 valence electrons. The van der Waals surface area contributed by atoms with Crippen LogP contribution in [0.3, 0.4) is 0 Å². The molecular formula is C13H14ClFN2S. The van der Waals surface area contributed by atoms with Crippen molar-refractivity contribution in [3.05, 3.63) is 40.7 Å². The number of halogens is 2. The second-order valence-electron chi connectivity index (χ2n) is 4.34. The molecule has 5 heteroatoms. The minimum absolute atomic E-state index is 0. The van der Waals surface area contributed by atoms with E-state index in [1.54, 1.807) is 23.5 Å². The molecule has 1 aromatic heterocycles. The van der Waals surface area contributed by atoms with Crippen LogP contribution >= 0.6 is 23.7 Å². The van der Waals surface area contributed by atoms with Gasteiger partial charge >= 0.3 is 0 Å². The Labute approximate surface area is 115 Å². The summed E-state index contributed by atoms with van der Waals surface area (Å²) in [5.41, 5.74) is 8.18. The monoisotopic (exact) mass is 284 g/mol. The van der Waals surface area contributed by atoms with Crippen LogP contribution in [0.15, 0.2) is 24.3 Å². The first-order valence-corrected chi connectivity index (χ1v) is 6.57. The van der Waals surface area contributed by atoms with Gasteiger partial charge in [-0.05, 0) is 43.5 Å². The standard InChI is InChI=1S/C13H13FN2S.ClH/c14-9-6-4-8(5-7-9)13-16-11-3-1-2-10(15)12(11)17-13;/h4-7,10H,1-3,15H2;1H. The van der Waals surface area contributed by atoms with Gasteiger partial charge in [-0.25, -0.2) is 9.37 Å². The Morgan fingerprint density at radius 3 is 2.67 bits per heavy atom. The molecular weight excluding hydrogens is 271 g/mol. The summed E-state index contributed by atoms with van der Waals surface area (Å²) < 4.78 is 12.9. The minimum atomic E-state index is -0.216. The zero-order chi connectivity index (χ0) is 11.8. The summed E-state index contributed by atoms with van der Waals surface area (Å²) in [4.78, 5) is 5.82. The zero-order valence-corrected chi connectivity index (χ0v) is 11.4. The summed E-state index contributed by atoms with van der Waals surface area (Å²) in [6, 6.07) is 6.60. The van der Waals surface area contributed by atoms with Crippen LogP contribution in [-0.4, -0.2) is 4.98 Å². The van der Waals surface area contributed by atoms with E-state index in [4.69, 9.17) is 5.73 Å². The number of rotatable bonds is 1. The van der Waals surface area contributed by atoms with Crippen molar-refractivity contribution < 1.29 is 4.39 Å². The molecule has 1 aliphatic rings. The van der Waals surface area contributed by atoms with Crippen molar-refractivity contribution in [1.29, 1.82) is 0 Å². The quantitative estimate of drug-likeness (QED) is 0.867. The predicted octanol–water partition coefficient (Wildman–Crippen LogP) is 3.71. The molecule has 0 saturated carbocycles. The van der Waals surface area contributed by atoms with Gasteiger partial charge in [-0.1, -0.05) is 0 Å². The number of hydrogen-bond acceptors (Lipinski definition) is 3. The van der Waals surface area contributed by atoms with E-state index in [9.17, 15) is 4.39 Å². The molecule has 0 saturated heterocycles. The lowest BCUT2D eigenvalue weighted by atomic mass is 9.99. The smallest absolute Gasteiger partial charge is 0.123 e. The molecule has 1 unspecified atom stereocenters. The molecule has 3 rings (SSSR count). The van der Waals surface area contributed by atoms with Gasteiger partial charge in [0.25, 0.3) is 0 Å².